The molecule has 0 N–H and O–H groups in total. The Labute approximate surface area is 133 Å². The molecule has 0 bridgehead atoms. The molecule has 2 heteroatoms. The van der Waals surface area contributed by atoms with Gasteiger partial charge in [-0.15, -0.1) is 0 Å². The fraction of sp³-hybridized carbons (Fsp3) is 0.300. The third-order valence-corrected chi connectivity index (χ3v) is 3.49. The quantitative estimate of drug-likeness (QED) is 0.477. The van der Waals surface area contributed by atoms with Crippen LogP contribution in [0.25, 0.3) is 12.2 Å². The Morgan fingerprint density at radius 3 is 2.41 bits per heavy atom. The van der Waals surface area contributed by atoms with Crippen LogP contribution in [-0.4, -0.2) is 13.7 Å². The highest BCUT2D eigenvalue weighted by molar-refractivity contribution is 5.72. The van der Waals surface area contributed by atoms with Crippen molar-refractivity contribution in [3.63, 3.8) is 0 Å². The fourth-order valence-electron chi connectivity index (χ4n) is 2.21. The summed E-state index contributed by atoms with van der Waals surface area (Å²) in [7, 11) is 1.69. The minimum absolute atomic E-state index is 0.796. The Hall–Kier alpha value is -2.22. The lowest BCUT2D eigenvalue weighted by atomic mass is 10.1. The molecule has 0 heterocycles. The number of rotatable bonds is 8. The van der Waals surface area contributed by atoms with Gasteiger partial charge < -0.3 is 9.47 Å². The van der Waals surface area contributed by atoms with Crippen LogP contribution in [-0.2, 0) is 0 Å². The lowest BCUT2D eigenvalue weighted by Crippen LogP contribution is -1.96. The van der Waals surface area contributed by atoms with E-state index < -0.39 is 0 Å². The predicted molar refractivity (Wildman–Crippen MR) is 93.4 cm³/mol. The Kier molecular flexibility index (Phi) is 6.56. The van der Waals surface area contributed by atoms with Crippen LogP contribution in [0.4, 0.5) is 0 Å². The zero-order valence-corrected chi connectivity index (χ0v) is 13.4. The topological polar surface area (TPSA) is 18.5 Å². The zero-order chi connectivity index (χ0) is 15.6. The number of ether oxygens (including phenoxy) is 2. The molecule has 0 unspecified atom stereocenters. The van der Waals surface area contributed by atoms with Crippen molar-refractivity contribution in [2.75, 3.05) is 13.7 Å². The van der Waals surface area contributed by atoms with Gasteiger partial charge in [0.15, 0.2) is 0 Å². The van der Waals surface area contributed by atoms with Gasteiger partial charge in [0.1, 0.15) is 11.5 Å². The van der Waals surface area contributed by atoms with Crippen LogP contribution in [0.3, 0.4) is 0 Å². The van der Waals surface area contributed by atoms with Crippen molar-refractivity contribution >= 4 is 12.2 Å². The lowest BCUT2D eigenvalue weighted by Gasteiger charge is -2.06. The Morgan fingerprint density at radius 1 is 0.909 bits per heavy atom. The smallest absolute Gasteiger partial charge is 0.126 e. The summed E-state index contributed by atoms with van der Waals surface area (Å²) in [6.07, 6.45) is 7.70. The summed E-state index contributed by atoms with van der Waals surface area (Å²) in [5.74, 6) is 1.82. The number of hydrogen-bond acceptors (Lipinski definition) is 2. The Morgan fingerprint density at radius 2 is 1.68 bits per heavy atom. The molecule has 2 nitrogen and oxygen atoms in total. The second-order valence-corrected chi connectivity index (χ2v) is 5.20. The van der Waals surface area contributed by atoms with E-state index in [2.05, 4.69) is 31.2 Å². The summed E-state index contributed by atoms with van der Waals surface area (Å²) >= 11 is 0. The van der Waals surface area contributed by atoms with E-state index in [4.69, 9.17) is 9.47 Å². The number of para-hydroxylation sites is 1. The largest absolute Gasteiger partial charge is 0.496 e. The maximum atomic E-state index is 5.72. The van der Waals surface area contributed by atoms with Crippen LogP contribution in [0.5, 0.6) is 11.5 Å². The first kappa shape index (κ1) is 16.2. The van der Waals surface area contributed by atoms with Gasteiger partial charge in [-0.25, -0.2) is 0 Å². The monoisotopic (exact) mass is 296 g/mol. The molecule has 0 aliphatic rings. The van der Waals surface area contributed by atoms with Gasteiger partial charge in [0, 0.05) is 5.56 Å². The summed E-state index contributed by atoms with van der Waals surface area (Å²) in [5.41, 5.74) is 2.22. The molecule has 2 rings (SSSR count). The average Bonchev–Trinajstić information content (AvgIpc) is 2.58. The van der Waals surface area contributed by atoms with E-state index in [0.717, 1.165) is 35.7 Å². The maximum absolute atomic E-state index is 5.72. The van der Waals surface area contributed by atoms with E-state index in [0.29, 0.717) is 0 Å². The van der Waals surface area contributed by atoms with Gasteiger partial charge >= 0.3 is 0 Å². The molecule has 116 valence electrons. The first-order valence-electron chi connectivity index (χ1n) is 7.87. The summed E-state index contributed by atoms with van der Waals surface area (Å²) in [5, 5.41) is 0. The first-order chi connectivity index (χ1) is 10.8. The van der Waals surface area contributed by atoms with E-state index in [1.807, 2.05) is 36.4 Å². The molecule has 0 aromatic heterocycles. The molecule has 22 heavy (non-hydrogen) atoms. The van der Waals surface area contributed by atoms with Gasteiger partial charge in [-0.1, -0.05) is 62.2 Å². The van der Waals surface area contributed by atoms with Crippen molar-refractivity contribution in [3.05, 3.63) is 59.7 Å². The van der Waals surface area contributed by atoms with E-state index in [-0.39, 0.29) is 0 Å². The summed E-state index contributed by atoms with van der Waals surface area (Å²) in [6.45, 7) is 2.99. The van der Waals surface area contributed by atoms with Crippen LogP contribution in [0.1, 0.15) is 37.3 Å². The maximum Gasteiger partial charge on any atom is 0.126 e. The molecule has 0 amide bonds. The molecule has 0 radical (unpaired) electrons. The molecule has 0 atom stereocenters. The highest BCUT2D eigenvalue weighted by Crippen LogP contribution is 2.21. The van der Waals surface area contributed by atoms with Gasteiger partial charge in [-0.3, -0.25) is 0 Å². The second kappa shape index (κ2) is 8.93. The van der Waals surface area contributed by atoms with Crippen molar-refractivity contribution in [2.24, 2.45) is 0 Å². The van der Waals surface area contributed by atoms with E-state index in [1.54, 1.807) is 7.11 Å². The molecule has 0 spiro atoms. The van der Waals surface area contributed by atoms with Crippen molar-refractivity contribution in [2.45, 2.75) is 26.2 Å². The first-order valence-corrected chi connectivity index (χ1v) is 7.87. The van der Waals surface area contributed by atoms with Gasteiger partial charge in [0.25, 0.3) is 0 Å². The molecular weight excluding hydrogens is 272 g/mol. The van der Waals surface area contributed by atoms with Crippen LogP contribution >= 0.6 is 0 Å². The van der Waals surface area contributed by atoms with Crippen molar-refractivity contribution in [1.29, 1.82) is 0 Å². The van der Waals surface area contributed by atoms with Crippen LogP contribution in [0.15, 0.2) is 48.5 Å². The number of methoxy groups -OCH3 is 1. The van der Waals surface area contributed by atoms with Gasteiger partial charge in [-0.2, -0.15) is 0 Å². The van der Waals surface area contributed by atoms with Crippen molar-refractivity contribution < 1.29 is 9.47 Å². The minimum Gasteiger partial charge on any atom is -0.496 e. The molecule has 0 saturated carbocycles. The normalized spacial score (nSPS) is 10.8. The van der Waals surface area contributed by atoms with Gasteiger partial charge in [0.2, 0.25) is 0 Å². The third kappa shape index (κ3) is 4.96. The molecule has 0 saturated heterocycles. The van der Waals surface area contributed by atoms with Crippen molar-refractivity contribution in [1.82, 2.24) is 0 Å². The number of benzene rings is 2. The molecule has 0 fully saturated rings. The Bertz CT molecular complexity index is 585. The number of hydrogen-bond donors (Lipinski definition) is 0. The molecule has 2 aromatic carbocycles. The Balaban J connectivity index is 1.94. The standard InChI is InChI=1S/C20H24O2/c1-3-4-7-16-22-19-14-11-17(12-15-19)10-13-18-8-5-6-9-20(18)21-2/h5-6,8-15H,3-4,7,16H2,1-2H3/b13-10+. The van der Waals surface area contributed by atoms with Crippen LogP contribution < -0.4 is 9.47 Å². The van der Waals surface area contributed by atoms with Gasteiger partial charge in [-0.05, 0) is 30.2 Å². The third-order valence-electron chi connectivity index (χ3n) is 3.49. The van der Waals surface area contributed by atoms with E-state index >= 15 is 0 Å². The molecule has 0 aliphatic heterocycles. The lowest BCUT2D eigenvalue weighted by molar-refractivity contribution is 0.306. The fourth-order valence-corrected chi connectivity index (χ4v) is 2.21. The SMILES string of the molecule is CCCCCOc1ccc(/C=C/c2ccccc2OC)cc1. The second-order valence-electron chi connectivity index (χ2n) is 5.20. The van der Waals surface area contributed by atoms with Gasteiger partial charge in [0.05, 0.1) is 13.7 Å². The predicted octanol–water partition coefficient (Wildman–Crippen LogP) is 5.43. The molecule has 2 aromatic rings. The molecular formula is C20H24O2. The van der Waals surface area contributed by atoms with Crippen LogP contribution in [0, 0.1) is 0 Å². The van der Waals surface area contributed by atoms with Crippen LogP contribution in [0.2, 0.25) is 0 Å². The highest BCUT2D eigenvalue weighted by Gasteiger charge is 1.97. The zero-order valence-electron chi connectivity index (χ0n) is 13.4. The van der Waals surface area contributed by atoms with E-state index in [1.165, 1.54) is 12.8 Å². The average molecular weight is 296 g/mol. The summed E-state index contributed by atoms with van der Waals surface area (Å²) in [4.78, 5) is 0. The van der Waals surface area contributed by atoms with Crippen molar-refractivity contribution in [3.8, 4) is 11.5 Å². The minimum atomic E-state index is 0.796. The number of unbranched alkanes of at least 4 members (excludes halogenated alkanes) is 2. The highest BCUT2D eigenvalue weighted by atomic mass is 16.5. The van der Waals surface area contributed by atoms with E-state index in [9.17, 15) is 0 Å². The molecule has 0 aliphatic carbocycles. The summed E-state index contributed by atoms with van der Waals surface area (Å²) < 4.78 is 11.1. The summed E-state index contributed by atoms with van der Waals surface area (Å²) in [6, 6.07) is 16.2.